The second-order valence-corrected chi connectivity index (χ2v) is 8.31. The predicted octanol–water partition coefficient (Wildman–Crippen LogP) is 6.06. The van der Waals surface area contributed by atoms with E-state index in [0.717, 1.165) is 39.7 Å². The molecular weight excluding hydrogens is 448 g/mol. The maximum atomic E-state index is 12.6. The fourth-order valence-electron chi connectivity index (χ4n) is 3.83. The third-order valence-electron chi connectivity index (χ3n) is 5.69. The molecule has 5 nitrogen and oxygen atoms in total. The van der Waals surface area contributed by atoms with Crippen molar-refractivity contribution in [2.24, 2.45) is 0 Å². The lowest BCUT2D eigenvalue weighted by Crippen LogP contribution is -2.23. The van der Waals surface area contributed by atoms with Crippen LogP contribution in [0, 0.1) is 0 Å². The minimum atomic E-state index is 0.00587. The first kappa shape index (κ1) is 23.5. The van der Waals surface area contributed by atoms with Crippen molar-refractivity contribution < 1.29 is 14.3 Å². The van der Waals surface area contributed by atoms with Gasteiger partial charge in [0, 0.05) is 29.4 Å². The lowest BCUT2D eigenvalue weighted by molar-refractivity contribution is -0.121. The summed E-state index contributed by atoms with van der Waals surface area (Å²) in [6.07, 6.45) is 0.991. The van der Waals surface area contributed by atoms with E-state index in [4.69, 9.17) is 21.1 Å². The van der Waals surface area contributed by atoms with Gasteiger partial charge < -0.3 is 19.4 Å². The normalized spacial score (nSPS) is 10.7. The summed E-state index contributed by atoms with van der Waals surface area (Å²) in [4.78, 5) is 12.6. The molecule has 0 saturated heterocycles. The van der Waals surface area contributed by atoms with Gasteiger partial charge in [0.05, 0.1) is 19.9 Å². The summed E-state index contributed by atoms with van der Waals surface area (Å²) >= 11 is 6.10. The minimum absolute atomic E-state index is 0.00587. The number of rotatable bonds is 9. The molecule has 174 valence electrons. The Kier molecular flexibility index (Phi) is 7.55. The lowest BCUT2D eigenvalue weighted by Gasteiger charge is -2.15. The topological polar surface area (TPSA) is 52.5 Å². The molecule has 34 heavy (non-hydrogen) atoms. The van der Waals surface area contributed by atoms with Crippen LogP contribution in [-0.2, 0) is 17.8 Å². The summed E-state index contributed by atoms with van der Waals surface area (Å²) in [6.45, 7) is 0.484. The Hall–Kier alpha value is -3.70. The van der Waals surface area contributed by atoms with E-state index in [9.17, 15) is 4.79 Å². The highest BCUT2D eigenvalue weighted by Crippen LogP contribution is 2.29. The van der Waals surface area contributed by atoms with E-state index < -0.39 is 0 Å². The number of aromatic nitrogens is 1. The fraction of sp³-hybridized carbons (Fsp3) is 0.179. The molecule has 0 atom stereocenters. The number of benzene rings is 3. The van der Waals surface area contributed by atoms with Gasteiger partial charge >= 0.3 is 0 Å². The fourth-order valence-corrected chi connectivity index (χ4v) is 3.96. The Bertz CT molecular complexity index is 1230. The van der Waals surface area contributed by atoms with Crippen LogP contribution in [0.4, 0.5) is 0 Å². The summed E-state index contributed by atoms with van der Waals surface area (Å²) in [7, 11) is 3.29. The molecule has 0 fully saturated rings. The molecule has 0 unspecified atom stereocenters. The van der Waals surface area contributed by atoms with Gasteiger partial charge in [-0.2, -0.15) is 0 Å². The molecule has 1 amide bonds. The van der Waals surface area contributed by atoms with E-state index >= 15 is 0 Å². The molecular formula is C28H27ClN2O3. The number of ether oxygens (including phenoxy) is 2. The molecule has 1 aromatic heterocycles. The number of nitrogens with one attached hydrogen (secondary N) is 1. The first-order valence-corrected chi connectivity index (χ1v) is 11.5. The molecule has 0 saturated carbocycles. The van der Waals surface area contributed by atoms with Crippen LogP contribution in [0.15, 0.2) is 84.9 Å². The van der Waals surface area contributed by atoms with Crippen LogP contribution in [0.3, 0.4) is 0 Å². The second kappa shape index (κ2) is 10.9. The highest BCUT2D eigenvalue weighted by Gasteiger charge is 2.14. The van der Waals surface area contributed by atoms with Gasteiger partial charge in [-0.1, -0.05) is 35.9 Å². The van der Waals surface area contributed by atoms with Gasteiger partial charge in [-0.15, -0.1) is 0 Å². The highest BCUT2D eigenvalue weighted by molar-refractivity contribution is 6.30. The second-order valence-electron chi connectivity index (χ2n) is 7.88. The summed E-state index contributed by atoms with van der Waals surface area (Å²) in [5.41, 5.74) is 5.17. The monoisotopic (exact) mass is 474 g/mol. The largest absolute Gasteiger partial charge is 0.497 e. The molecule has 3 aromatic carbocycles. The standard InChI is InChI=1S/C28H27ClN2O3/c1-33-25-13-3-20(4-14-25)19-30-28(32)18-12-24-11-17-27(21-5-7-22(29)8-6-21)31(24)23-9-15-26(34-2)16-10-23/h3-11,13-17H,12,18-19H2,1-2H3,(H,30,32). The van der Waals surface area contributed by atoms with Crippen molar-refractivity contribution in [1.82, 2.24) is 9.88 Å². The van der Waals surface area contributed by atoms with E-state index in [1.54, 1.807) is 14.2 Å². The number of hydrogen-bond acceptors (Lipinski definition) is 3. The highest BCUT2D eigenvalue weighted by atomic mass is 35.5. The molecule has 1 heterocycles. The molecule has 0 bridgehead atoms. The van der Waals surface area contributed by atoms with Gasteiger partial charge in [0.2, 0.25) is 5.91 Å². The van der Waals surface area contributed by atoms with Gasteiger partial charge in [-0.3, -0.25) is 4.79 Å². The smallest absolute Gasteiger partial charge is 0.220 e. The lowest BCUT2D eigenvalue weighted by atomic mass is 10.1. The molecule has 0 aliphatic heterocycles. The van der Waals surface area contributed by atoms with Crippen LogP contribution in [0.25, 0.3) is 16.9 Å². The summed E-state index contributed by atoms with van der Waals surface area (Å²) < 4.78 is 12.7. The number of nitrogens with zero attached hydrogens (tertiary/aromatic N) is 1. The third-order valence-corrected chi connectivity index (χ3v) is 5.94. The van der Waals surface area contributed by atoms with Crippen molar-refractivity contribution in [2.45, 2.75) is 19.4 Å². The van der Waals surface area contributed by atoms with Crippen LogP contribution in [-0.4, -0.2) is 24.7 Å². The van der Waals surface area contributed by atoms with E-state index in [1.807, 2.05) is 72.8 Å². The number of carbonyl (C=O) groups excluding carboxylic acids is 1. The van der Waals surface area contributed by atoms with Crippen LogP contribution in [0.2, 0.25) is 5.02 Å². The zero-order chi connectivity index (χ0) is 23.9. The van der Waals surface area contributed by atoms with Crippen molar-refractivity contribution in [2.75, 3.05) is 14.2 Å². The number of amides is 1. The van der Waals surface area contributed by atoms with Crippen molar-refractivity contribution in [3.05, 3.63) is 101 Å². The molecule has 0 radical (unpaired) electrons. The Labute approximate surface area is 204 Å². The number of methoxy groups -OCH3 is 2. The van der Waals surface area contributed by atoms with Gasteiger partial charge in [0.15, 0.2) is 0 Å². The number of hydrogen-bond donors (Lipinski definition) is 1. The molecule has 1 N–H and O–H groups in total. The maximum Gasteiger partial charge on any atom is 0.220 e. The van der Waals surface area contributed by atoms with Crippen LogP contribution < -0.4 is 14.8 Å². The van der Waals surface area contributed by atoms with Crippen LogP contribution in [0.1, 0.15) is 17.7 Å². The first-order chi connectivity index (χ1) is 16.6. The van der Waals surface area contributed by atoms with Crippen LogP contribution >= 0.6 is 11.6 Å². The predicted molar refractivity (Wildman–Crippen MR) is 136 cm³/mol. The average molecular weight is 475 g/mol. The Balaban J connectivity index is 1.51. The SMILES string of the molecule is COc1ccc(CNC(=O)CCc2ccc(-c3ccc(Cl)cc3)n2-c2ccc(OC)cc2)cc1. The Morgan fingerprint density at radius 2 is 1.44 bits per heavy atom. The zero-order valence-electron chi connectivity index (χ0n) is 19.3. The molecule has 0 aliphatic carbocycles. The van der Waals surface area contributed by atoms with Crippen molar-refractivity contribution in [3.8, 4) is 28.4 Å². The van der Waals surface area contributed by atoms with Gasteiger partial charge in [0.25, 0.3) is 0 Å². The number of aryl methyl sites for hydroxylation is 1. The summed E-state index contributed by atoms with van der Waals surface area (Å²) in [5, 5.41) is 3.70. The van der Waals surface area contributed by atoms with Crippen molar-refractivity contribution in [1.29, 1.82) is 0 Å². The van der Waals surface area contributed by atoms with E-state index in [1.165, 1.54) is 0 Å². The Morgan fingerprint density at radius 3 is 2.06 bits per heavy atom. The van der Waals surface area contributed by atoms with Gasteiger partial charge in [-0.05, 0) is 78.2 Å². The zero-order valence-corrected chi connectivity index (χ0v) is 20.0. The van der Waals surface area contributed by atoms with E-state index in [2.05, 4.69) is 22.0 Å². The molecule has 0 spiro atoms. The summed E-state index contributed by atoms with van der Waals surface area (Å²) in [5.74, 6) is 1.60. The van der Waals surface area contributed by atoms with E-state index in [-0.39, 0.29) is 5.91 Å². The molecule has 4 rings (SSSR count). The quantitative estimate of drug-likeness (QED) is 0.320. The first-order valence-electron chi connectivity index (χ1n) is 11.1. The van der Waals surface area contributed by atoms with Crippen molar-refractivity contribution >= 4 is 17.5 Å². The average Bonchev–Trinajstić information content (AvgIpc) is 3.31. The van der Waals surface area contributed by atoms with Gasteiger partial charge in [-0.25, -0.2) is 0 Å². The van der Waals surface area contributed by atoms with Gasteiger partial charge in [0.1, 0.15) is 11.5 Å². The molecule has 0 aliphatic rings. The summed E-state index contributed by atoms with van der Waals surface area (Å²) in [6, 6.07) is 27.5. The molecule has 6 heteroatoms. The minimum Gasteiger partial charge on any atom is -0.497 e. The Morgan fingerprint density at radius 1 is 0.824 bits per heavy atom. The third kappa shape index (κ3) is 5.61. The maximum absolute atomic E-state index is 12.6. The van der Waals surface area contributed by atoms with Crippen LogP contribution in [0.5, 0.6) is 11.5 Å². The van der Waals surface area contributed by atoms with Crippen molar-refractivity contribution in [3.63, 3.8) is 0 Å². The molecule has 4 aromatic rings. The van der Waals surface area contributed by atoms with E-state index in [0.29, 0.717) is 24.4 Å². The number of carbonyl (C=O) groups is 1. The number of halogens is 1.